The number of benzene rings is 1. The fourth-order valence-electron chi connectivity index (χ4n) is 1.48. The monoisotopic (exact) mass is 245 g/mol. The van der Waals surface area contributed by atoms with Crippen LogP contribution >= 0.6 is 0 Å². The third-order valence-electron chi connectivity index (χ3n) is 2.57. The summed E-state index contributed by atoms with van der Waals surface area (Å²) in [5, 5.41) is 18.3. The summed E-state index contributed by atoms with van der Waals surface area (Å²) in [7, 11) is 0. The fourth-order valence-corrected chi connectivity index (χ4v) is 1.48. The summed E-state index contributed by atoms with van der Waals surface area (Å²) in [6.45, 7) is 1.70. The lowest BCUT2D eigenvalue weighted by atomic mass is 10.2. The molecule has 4 nitrogen and oxygen atoms in total. The van der Waals surface area contributed by atoms with E-state index in [1.165, 1.54) is 0 Å². The maximum absolute atomic E-state index is 9.36. The van der Waals surface area contributed by atoms with Gasteiger partial charge in [-0.25, -0.2) is 4.98 Å². The van der Waals surface area contributed by atoms with Crippen molar-refractivity contribution in [1.82, 2.24) is 4.98 Å². The largest absolute Gasteiger partial charge is 0.439 e. The van der Waals surface area contributed by atoms with Crippen LogP contribution in [0.25, 0.3) is 0 Å². The fraction of sp³-hybridized carbons (Fsp3) is 0.214. The van der Waals surface area contributed by atoms with Gasteiger partial charge in [0.2, 0.25) is 5.88 Å². The van der Waals surface area contributed by atoms with E-state index in [1.807, 2.05) is 0 Å². The topological polar surface area (TPSA) is 62.6 Å². The summed E-state index contributed by atoms with van der Waals surface area (Å²) < 4.78 is 5.54. The van der Waals surface area contributed by atoms with E-state index in [9.17, 15) is 5.11 Å². The molecule has 4 heteroatoms. The van der Waals surface area contributed by atoms with Crippen LogP contribution in [0.5, 0.6) is 11.6 Å². The van der Waals surface area contributed by atoms with E-state index in [1.54, 1.807) is 49.5 Å². The Morgan fingerprint density at radius 1 is 1.17 bits per heavy atom. The summed E-state index contributed by atoms with van der Waals surface area (Å²) in [6.07, 6.45) is 1.05. The number of ether oxygens (including phenoxy) is 1. The first kappa shape index (κ1) is 12.5. The molecule has 0 bridgehead atoms. The molecule has 0 saturated carbocycles. The molecule has 0 spiro atoms. The van der Waals surface area contributed by atoms with Crippen molar-refractivity contribution < 1.29 is 14.9 Å². The smallest absolute Gasteiger partial charge is 0.219 e. The van der Waals surface area contributed by atoms with Crippen LogP contribution < -0.4 is 4.74 Å². The highest BCUT2D eigenvalue weighted by Gasteiger charge is 2.03. The Hall–Kier alpha value is -1.91. The zero-order valence-electron chi connectivity index (χ0n) is 10.1. The highest BCUT2D eigenvalue weighted by molar-refractivity contribution is 5.30. The Labute approximate surface area is 106 Å². The Morgan fingerprint density at radius 2 is 1.89 bits per heavy atom. The Kier molecular flexibility index (Phi) is 3.92. The van der Waals surface area contributed by atoms with Crippen molar-refractivity contribution in [3.63, 3.8) is 0 Å². The second-order valence-electron chi connectivity index (χ2n) is 4.01. The van der Waals surface area contributed by atoms with Crippen molar-refractivity contribution in [3.8, 4) is 11.6 Å². The Bertz CT molecular complexity index is 491. The molecular weight excluding hydrogens is 230 g/mol. The van der Waals surface area contributed by atoms with Crippen LogP contribution in [0.3, 0.4) is 0 Å². The van der Waals surface area contributed by atoms with Crippen LogP contribution in [-0.4, -0.2) is 15.2 Å². The van der Waals surface area contributed by atoms with Crippen molar-refractivity contribution in [3.05, 3.63) is 53.7 Å². The summed E-state index contributed by atoms with van der Waals surface area (Å²) in [4.78, 5) is 4.11. The highest BCUT2D eigenvalue weighted by atomic mass is 16.5. The first-order valence-corrected chi connectivity index (χ1v) is 5.70. The van der Waals surface area contributed by atoms with Gasteiger partial charge in [-0.2, -0.15) is 0 Å². The standard InChI is InChI=1S/C14H15NO3/c1-10(17)12-4-7-14(15-8-12)18-13-5-2-11(9-16)3-6-13/h2-8,10,16-17H,9H2,1H3/t10-/m1/s1. The van der Waals surface area contributed by atoms with Gasteiger partial charge in [0, 0.05) is 12.3 Å². The number of hydrogen-bond acceptors (Lipinski definition) is 4. The van der Waals surface area contributed by atoms with Gasteiger partial charge in [0.05, 0.1) is 12.7 Å². The molecular formula is C14H15NO3. The van der Waals surface area contributed by atoms with E-state index < -0.39 is 6.10 Å². The molecule has 2 rings (SSSR count). The number of aromatic nitrogens is 1. The van der Waals surface area contributed by atoms with Crippen molar-refractivity contribution in [2.45, 2.75) is 19.6 Å². The van der Waals surface area contributed by atoms with Gasteiger partial charge in [0.1, 0.15) is 5.75 Å². The Morgan fingerprint density at radius 3 is 2.39 bits per heavy atom. The zero-order valence-corrected chi connectivity index (χ0v) is 10.1. The van der Waals surface area contributed by atoms with Crippen LogP contribution in [0.1, 0.15) is 24.2 Å². The van der Waals surface area contributed by atoms with Crippen LogP contribution in [0.2, 0.25) is 0 Å². The van der Waals surface area contributed by atoms with Crippen LogP contribution in [-0.2, 0) is 6.61 Å². The molecule has 0 amide bonds. The minimum atomic E-state index is -0.532. The molecule has 1 aromatic heterocycles. The number of pyridine rings is 1. The van der Waals surface area contributed by atoms with Crippen molar-refractivity contribution >= 4 is 0 Å². The quantitative estimate of drug-likeness (QED) is 0.868. The number of rotatable bonds is 4. The molecule has 0 saturated heterocycles. The minimum Gasteiger partial charge on any atom is -0.439 e. The third kappa shape index (κ3) is 3.06. The molecule has 0 aliphatic carbocycles. The lowest BCUT2D eigenvalue weighted by molar-refractivity contribution is 0.198. The summed E-state index contributed by atoms with van der Waals surface area (Å²) in [5.74, 6) is 1.13. The van der Waals surface area contributed by atoms with Gasteiger partial charge in [-0.3, -0.25) is 0 Å². The van der Waals surface area contributed by atoms with Gasteiger partial charge < -0.3 is 14.9 Å². The number of nitrogens with zero attached hydrogens (tertiary/aromatic N) is 1. The van der Waals surface area contributed by atoms with E-state index in [0.717, 1.165) is 11.1 Å². The zero-order chi connectivity index (χ0) is 13.0. The van der Waals surface area contributed by atoms with E-state index in [0.29, 0.717) is 11.6 Å². The summed E-state index contributed by atoms with van der Waals surface area (Å²) >= 11 is 0. The first-order chi connectivity index (χ1) is 8.69. The lowest BCUT2D eigenvalue weighted by Gasteiger charge is -2.07. The molecule has 94 valence electrons. The average molecular weight is 245 g/mol. The molecule has 0 radical (unpaired) electrons. The molecule has 0 aliphatic rings. The first-order valence-electron chi connectivity index (χ1n) is 5.70. The van der Waals surface area contributed by atoms with Crippen LogP contribution in [0, 0.1) is 0 Å². The predicted molar refractivity (Wildman–Crippen MR) is 67.3 cm³/mol. The molecule has 1 atom stereocenters. The van der Waals surface area contributed by atoms with Crippen LogP contribution in [0.15, 0.2) is 42.6 Å². The molecule has 1 aromatic carbocycles. The van der Waals surface area contributed by atoms with Gasteiger partial charge in [0.25, 0.3) is 0 Å². The molecule has 1 heterocycles. The van der Waals surface area contributed by atoms with Gasteiger partial charge >= 0.3 is 0 Å². The van der Waals surface area contributed by atoms with Crippen LogP contribution in [0.4, 0.5) is 0 Å². The maximum atomic E-state index is 9.36. The average Bonchev–Trinajstić information content (AvgIpc) is 2.40. The third-order valence-corrected chi connectivity index (χ3v) is 2.57. The second kappa shape index (κ2) is 5.62. The summed E-state index contributed by atoms with van der Waals surface area (Å²) in [5.41, 5.74) is 1.58. The molecule has 0 fully saturated rings. The number of aliphatic hydroxyl groups excluding tert-OH is 2. The molecule has 0 unspecified atom stereocenters. The van der Waals surface area contributed by atoms with Gasteiger partial charge in [-0.05, 0) is 36.2 Å². The SMILES string of the molecule is C[C@@H](O)c1ccc(Oc2ccc(CO)cc2)nc1. The van der Waals surface area contributed by atoms with E-state index >= 15 is 0 Å². The predicted octanol–water partition coefficient (Wildman–Crippen LogP) is 2.42. The van der Waals surface area contributed by atoms with E-state index in [4.69, 9.17) is 9.84 Å². The van der Waals surface area contributed by atoms with Gasteiger partial charge in [0.15, 0.2) is 0 Å². The molecule has 18 heavy (non-hydrogen) atoms. The normalized spacial score (nSPS) is 12.2. The number of hydrogen-bond donors (Lipinski definition) is 2. The lowest BCUT2D eigenvalue weighted by Crippen LogP contribution is -1.93. The van der Waals surface area contributed by atoms with Crippen molar-refractivity contribution in [2.75, 3.05) is 0 Å². The summed E-state index contributed by atoms with van der Waals surface area (Å²) in [6, 6.07) is 10.6. The van der Waals surface area contributed by atoms with E-state index in [-0.39, 0.29) is 6.61 Å². The van der Waals surface area contributed by atoms with Crippen molar-refractivity contribution in [2.24, 2.45) is 0 Å². The molecule has 0 aliphatic heterocycles. The van der Waals surface area contributed by atoms with Crippen molar-refractivity contribution in [1.29, 1.82) is 0 Å². The molecule has 2 aromatic rings. The number of aliphatic hydroxyl groups is 2. The Balaban J connectivity index is 2.08. The van der Waals surface area contributed by atoms with E-state index in [2.05, 4.69) is 4.98 Å². The molecule has 2 N–H and O–H groups in total. The minimum absolute atomic E-state index is 0.0155. The highest BCUT2D eigenvalue weighted by Crippen LogP contribution is 2.21. The van der Waals surface area contributed by atoms with Gasteiger partial charge in [-0.15, -0.1) is 0 Å². The second-order valence-corrected chi connectivity index (χ2v) is 4.01. The van der Waals surface area contributed by atoms with Gasteiger partial charge in [-0.1, -0.05) is 12.1 Å². The maximum Gasteiger partial charge on any atom is 0.219 e.